The largest absolute Gasteiger partial charge is 0.323 e. The molecule has 0 saturated carbocycles. The van der Waals surface area contributed by atoms with Crippen LogP contribution in [0.2, 0.25) is 0 Å². The Kier molecular flexibility index (Phi) is 2.54. The summed E-state index contributed by atoms with van der Waals surface area (Å²) in [5.41, 5.74) is 1.29. The zero-order valence-corrected chi connectivity index (χ0v) is 10.5. The molecule has 0 fully saturated rings. The molecular formula is C11H12BrFN2. The van der Waals surface area contributed by atoms with Crippen molar-refractivity contribution in [2.45, 2.75) is 26.8 Å². The van der Waals surface area contributed by atoms with Crippen molar-refractivity contribution in [2.24, 2.45) is 0 Å². The monoisotopic (exact) mass is 270 g/mol. The molecular weight excluding hydrogens is 259 g/mol. The van der Waals surface area contributed by atoms with Crippen LogP contribution >= 0.6 is 15.9 Å². The number of rotatable bonds is 1. The molecule has 1 heterocycles. The number of fused-ring (bicyclic) bond motifs is 1. The van der Waals surface area contributed by atoms with Gasteiger partial charge >= 0.3 is 0 Å². The molecule has 0 bridgehead atoms. The first-order valence-corrected chi connectivity index (χ1v) is 5.64. The molecule has 0 N–H and O–H groups in total. The van der Waals surface area contributed by atoms with Crippen LogP contribution in [0, 0.1) is 12.7 Å². The molecule has 0 aliphatic heterocycles. The lowest BCUT2D eigenvalue weighted by molar-refractivity contribution is 0.572. The summed E-state index contributed by atoms with van der Waals surface area (Å²) in [5.74, 6) is 0.610. The van der Waals surface area contributed by atoms with Crippen molar-refractivity contribution in [1.82, 2.24) is 9.55 Å². The minimum Gasteiger partial charge on any atom is -0.323 e. The van der Waals surface area contributed by atoms with Gasteiger partial charge < -0.3 is 4.57 Å². The molecule has 0 spiro atoms. The maximum atomic E-state index is 13.9. The predicted octanol–water partition coefficient (Wildman–Crippen LogP) is 3.83. The number of hydrogen-bond acceptors (Lipinski definition) is 1. The second-order valence-electron chi connectivity index (χ2n) is 3.85. The molecule has 0 atom stereocenters. The third-order valence-corrected chi connectivity index (χ3v) is 3.05. The lowest BCUT2D eigenvalue weighted by Gasteiger charge is -2.11. The minimum absolute atomic E-state index is 0.207. The highest BCUT2D eigenvalue weighted by Crippen LogP contribution is 2.27. The van der Waals surface area contributed by atoms with Gasteiger partial charge in [-0.05, 0) is 48.8 Å². The smallest absolute Gasteiger partial charge is 0.163 e. The zero-order chi connectivity index (χ0) is 11.2. The first kappa shape index (κ1) is 10.6. The van der Waals surface area contributed by atoms with Gasteiger partial charge in [0.15, 0.2) is 5.82 Å². The molecule has 1 aromatic carbocycles. The normalized spacial score (nSPS) is 11.6. The predicted molar refractivity (Wildman–Crippen MR) is 62.5 cm³/mol. The van der Waals surface area contributed by atoms with E-state index in [1.807, 2.05) is 31.4 Å². The van der Waals surface area contributed by atoms with Crippen molar-refractivity contribution in [2.75, 3.05) is 0 Å². The van der Waals surface area contributed by atoms with Gasteiger partial charge in [-0.1, -0.05) is 0 Å². The minimum atomic E-state index is -0.234. The number of halogens is 2. The molecule has 2 rings (SSSR count). The first-order chi connectivity index (χ1) is 7.02. The van der Waals surface area contributed by atoms with E-state index in [-0.39, 0.29) is 11.9 Å². The average Bonchev–Trinajstić information content (AvgIpc) is 2.49. The molecule has 80 valence electrons. The van der Waals surface area contributed by atoms with E-state index >= 15 is 0 Å². The van der Waals surface area contributed by atoms with Gasteiger partial charge in [0.1, 0.15) is 11.3 Å². The molecule has 0 amide bonds. The quantitative estimate of drug-likeness (QED) is 0.770. The van der Waals surface area contributed by atoms with E-state index < -0.39 is 0 Å². The molecule has 15 heavy (non-hydrogen) atoms. The van der Waals surface area contributed by atoms with Gasteiger partial charge in [-0.3, -0.25) is 0 Å². The molecule has 0 radical (unpaired) electrons. The molecule has 0 aliphatic rings. The summed E-state index contributed by atoms with van der Waals surface area (Å²) < 4.78 is 16.3. The second kappa shape index (κ2) is 3.59. The topological polar surface area (TPSA) is 17.8 Å². The Labute approximate surface area is 96.2 Å². The van der Waals surface area contributed by atoms with E-state index in [0.29, 0.717) is 15.5 Å². The number of nitrogens with zero attached hydrogens (tertiary/aromatic N) is 2. The molecule has 0 saturated heterocycles. The third kappa shape index (κ3) is 1.57. The lowest BCUT2D eigenvalue weighted by atomic mass is 10.3. The van der Waals surface area contributed by atoms with Crippen molar-refractivity contribution >= 4 is 27.0 Å². The van der Waals surface area contributed by atoms with Gasteiger partial charge in [-0.25, -0.2) is 9.37 Å². The Morgan fingerprint density at radius 2 is 2.07 bits per heavy atom. The SMILES string of the molecule is Cc1nc2ccc(Br)c(F)c2n1C(C)C. The highest BCUT2D eigenvalue weighted by molar-refractivity contribution is 9.10. The van der Waals surface area contributed by atoms with Gasteiger partial charge in [0.25, 0.3) is 0 Å². The Balaban J connectivity index is 2.90. The van der Waals surface area contributed by atoms with Crippen molar-refractivity contribution in [1.29, 1.82) is 0 Å². The summed E-state index contributed by atoms with van der Waals surface area (Å²) in [6, 6.07) is 3.72. The Hall–Kier alpha value is -0.900. The van der Waals surface area contributed by atoms with Crippen LogP contribution in [0.1, 0.15) is 25.7 Å². The van der Waals surface area contributed by atoms with Gasteiger partial charge in [0, 0.05) is 6.04 Å². The van der Waals surface area contributed by atoms with Crippen LogP contribution < -0.4 is 0 Å². The molecule has 0 unspecified atom stereocenters. The van der Waals surface area contributed by atoms with Crippen LogP contribution in [0.4, 0.5) is 4.39 Å². The fourth-order valence-electron chi connectivity index (χ4n) is 1.87. The van der Waals surface area contributed by atoms with Gasteiger partial charge in [0.05, 0.1) is 9.99 Å². The van der Waals surface area contributed by atoms with E-state index in [9.17, 15) is 4.39 Å². The fourth-order valence-corrected chi connectivity index (χ4v) is 2.19. The summed E-state index contributed by atoms with van der Waals surface area (Å²) in [7, 11) is 0. The number of hydrogen-bond donors (Lipinski definition) is 0. The third-order valence-electron chi connectivity index (χ3n) is 2.44. The lowest BCUT2D eigenvalue weighted by Crippen LogP contribution is -2.04. The van der Waals surface area contributed by atoms with Crippen molar-refractivity contribution in [3.05, 3.63) is 28.2 Å². The van der Waals surface area contributed by atoms with E-state index in [0.717, 1.165) is 5.82 Å². The first-order valence-electron chi connectivity index (χ1n) is 4.85. The highest BCUT2D eigenvalue weighted by atomic mass is 79.9. The molecule has 1 aromatic heterocycles. The second-order valence-corrected chi connectivity index (χ2v) is 4.71. The van der Waals surface area contributed by atoms with Crippen LogP contribution in [0.3, 0.4) is 0 Å². The van der Waals surface area contributed by atoms with Crippen LogP contribution in [-0.4, -0.2) is 9.55 Å². The number of benzene rings is 1. The number of aromatic nitrogens is 2. The van der Waals surface area contributed by atoms with Gasteiger partial charge in [-0.15, -0.1) is 0 Å². The molecule has 4 heteroatoms. The average molecular weight is 271 g/mol. The molecule has 2 aromatic rings. The van der Waals surface area contributed by atoms with Gasteiger partial charge in [0.2, 0.25) is 0 Å². The summed E-state index contributed by atoms with van der Waals surface area (Å²) >= 11 is 3.19. The zero-order valence-electron chi connectivity index (χ0n) is 8.88. The standard InChI is InChI=1S/C11H12BrFN2/c1-6(2)15-7(3)14-9-5-4-8(12)10(13)11(9)15/h4-6H,1-3H3. The van der Waals surface area contributed by atoms with Crippen molar-refractivity contribution in [3.63, 3.8) is 0 Å². The van der Waals surface area contributed by atoms with Crippen molar-refractivity contribution in [3.8, 4) is 0 Å². The summed E-state index contributed by atoms with van der Waals surface area (Å²) in [6.45, 7) is 5.94. The summed E-state index contributed by atoms with van der Waals surface area (Å²) in [5, 5.41) is 0. The highest BCUT2D eigenvalue weighted by Gasteiger charge is 2.15. The Morgan fingerprint density at radius 1 is 1.40 bits per heavy atom. The molecule has 0 aliphatic carbocycles. The number of aryl methyl sites for hydroxylation is 1. The fraction of sp³-hybridized carbons (Fsp3) is 0.364. The van der Waals surface area contributed by atoms with Crippen LogP contribution in [0.15, 0.2) is 16.6 Å². The van der Waals surface area contributed by atoms with Crippen molar-refractivity contribution < 1.29 is 4.39 Å². The Bertz CT molecular complexity index is 517. The summed E-state index contributed by atoms with van der Waals surface area (Å²) in [4.78, 5) is 4.34. The maximum absolute atomic E-state index is 13.9. The number of imidazole rings is 1. The van der Waals surface area contributed by atoms with Gasteiger partial charge in [-0.2, -0.15) is 0 Å². The van der Waals surface area contributed by atoms with E-state index in [1.54, 1.807) is 6.07 Å². The summed E-state index contributed by atoms with van der Waals surface area (Å²) in [6.07, 6.45) is 0. The molecule has 2 nitrogen and oxygen atoms in total. The van der Waals surface area contributed by atoms with E-state index in [1.165, 1.54) is 0 Å². The maximum Gasteiger partial charge on any atom is 0.163 e. The van der Waals surface area contributed by atoms with Crippen LogP contribution in [-0.2, 0) is 0 Å². The van der Waals surface area contributed by atoms with E-state index in [4.69, 9.17) is 0 Å². The Morgan fingerprint density at radius 3 is 2.67 bits per heavy atom. The van der Waals surface area contributed by atoms with Crippen LogP contribution in [0.5, 0.6) is 0 Å². The van der Waals surface area contributed by atoms with E-state index in [2.05, 4.69) is 20.9 Å². The van der Waals surface area contributed by atoms with Crippen LogP contribution in [0.25, 0.3) is 11.0 Å².